The Morgan fingerprint density at radius 2 is 1.81 bits per heavy atom. The van der Waals surface area contributed by atoms with Crippen molar-refractivity contribution in [3.05, 3.63) is 53.7 Å². The molecule has 7 heteroatoms. The maximum Gasteiger partial charge on any atom is 0.265 e. The largest absolute Gasteiger partial charge is 0.504 e. The fourth-order valence-corrected chi connectivity index (χ4v) is 3.19. The lowest BCUT2D eigenvalue weighted by Crippen LogP contribution is -2.27. The number of benzene rings is 2. The Morgan fingerprint density at radius 1 is 1.04 bits per heavy atom. The van der Waals surface area contributed by atoms with Crippen LogP contribution in [0.4, 0.5) is 5.69 Å². The average Bonchev–Trinajstić information content (AvgIpc) is 3.30. The number of hydrogen-bond acceptors (Lipinski definition) is 4. The molecule has 2 aromatic carbocycles. The van der Waals surface area contributed by atoms with E-state index in [9.17, 15) is 19.8 Å². The third-order valence-corrected chi connectivity index (χ3v) is 4.86. The van der Waals surface area contributed by atoms with E-state index >= 15 is 0 Å². The van der Waals surface area contributed by atoms with Gasteiger partial charge in [-0.05, 0) is 54.8 Å². The zero-order valence-electron chi connectivity index (χ0n) is 13.7. The zero-order chi connectivity index (χ0) is 18.5. The lowest BCUT2D eigenvalue weighted by atomic mass is 9.94. The molecule has 1 fully saturated rings. The predicted octanol–water partition coefficient (Wildman–Crippen LogP) is 2.35. The van der Waals surface area contributed by atoms with Crippen LogP contribution in [0.2, 0.25) is 0 Å². The molecule has 0 atom stereocenters. The Morgan fingerprint density at radius 3 is 2.46 bits per heavy atom. The van der Waals surface area contributed by atoms with Crippen molar-refractivity contribution in [1.29, 1.82) is 0 Å². The maximum atomic E-state index is 12.8. The van der Waals surface area contributed by atoms with E-state index < -0.39 is 11.3 Å². The molecule has 0 saturated heterocycles. The first-order valence-electron chi connectivity index (χ1n) is 8.15. The van der Waals surface area contributed by atoms with E-state index in [1.807, 2.05) is 0 Å². The molecule has 26 heavy (non-hydrogen) atoms. The molecule has 1 aromatic heterocycles. The zero-order valence-corrected chi connectivity index (χ0v) is 13.7. The van der Waals surface area contributed by atoms with Crippen molar-refractivity contribution in [2.75, 3.05) is 5.32 Å². The Balaban J connectivity index is 1.60. The Bertz CT molecular complexity index is 1050. The van der Waals surface area contributed by atoms with Crippen LogP contribution in [0, 0.1) is 0 Å². The molecule has 0 spiro atoms. The van der Waals surface area contributed by atoms with Gasteiger partial charge in [-0.25, -0.2) is 0 Å². The van der Waals surface area contributed by atoms with Crippen molar-refractivity contribution in [1.82, 2.24) is 4.98 Å². The molecular weight excluding hydrogens is 334 g/mol. The number of fused-ring (bicyclic) bond motifs is 1. The molecule has 4 rings (SSSR count). The number of aromatic nitrogens is 1. The fraction of sp³-hybridized carbons (Fsp3) is 0.158. The molecule has 1 saturated carbocycles. The number of carbonyl (C=O) groups is 2. The maximum absolute atomic E-state index is 12.8. The molecule has 0 bridgehead atoms. The molecule has 132 valence electrons. The lowest BCUT2D eigenvalue weighted by Gasteiger charge is -2.16. The number of amides is 2. The van der Waals surface area contributed by atoms with Gasteiger partial charge in [0.15, 0.2) is 11.5 Å². The van der Waals surface area contributed by atoms with Crippen LogP contribution >= 0.6 is 0 Å². The van der Waals surface area contributed by atoms with E-state index in [0.29, 0.717) is 29.8 Å². The number of nitrogens with two attached hydrogens (primary N) is 1. The first-order valence-corrected chi connectivity index (χ1v) is 8.15. The van der Waals surface area contributed by atoms with Crippen LogP contribution in [-0.4, -0.2) is 27.0 Å². The van der Waals surface area contributed by atoms with Crippen LogP contribution < -0.4 is 11.1 Å². The van der Waals surface area contributed by atoms with E-state index in [1.165, 1.54) is 12.1 Å². The highest BCUT2D eigenvalue weighted by molar-refractivity contribution is 6.03. The van der Waals surface area contributed by atoms with Gasteiger partial charge in [-0.3, -0.25) is 9.59 Å². The average molecular weight is 351 g/mol. The quantitative estimate of drug-likeness (QED) is 0.462. The monoisotopic (exact) mass is 351 g/mol. The second-order valence-corrected chi connectivity index (χ2v) is 6.59. The summed E-state index contributed by atoms with van der Waals surface area (Å²) in [5.74, 6) is -1.18. The number of phenols is 2. The highest BCUT2D eigenvalue weighted by Crippen LogP contribution is 2.50. The summed E-state index contributed by atoms with van der Waals surface area (Å²) >= 11 is 0. The first kappa shape index (κ1) is 16.0. The van der Waals surface area contributed by atoms with E-state index in [1.54, 1.807) is 30.3 Å². The van der Waals surface area contributed by atoms with Crippen LogP contribution in [0.5, 0.6) is 11.5 Å². The summed E-state index contributed by atoms with van der Waals surface area (Å²) in [6, 6.07) is 11.4. The van der Waals surface area contributed by atoms with Crippen molar-refractivity contribution in [2.24, 2.45) is 5.73 Å². The summed E-state index contributed by atoms with van der Waals surface area (Å²) in [7, 11) is 0. The Kier molecular flexibility index (Phi) is 3.40. The number of carbonyl (C=O) groups excluding carboxylic acids is 2. The van der Waals surface area contributed by atoms with Gasteiger partial charge in [-0.1, -0.05) is 6.07 Å². The third kappa shape index (κ3) is 2.54. The number of phenolic OH excluding ortho intramolecular Hbond substituents is 2. The highest BCUT2D eigenvalue weighted by atomic mass is 16.3. The number of H-pyrrole nitrogens is 1. The van der Waals surface area contributed by atoms with Gasteiger partial charge in [0.25, 0.3) is 5.91 Å². The second-order valence-electron chi connectivity index (χ2n) is 6.59. The predicted molar refractivity (Wildman–Crippen MR) is 96.1 cm³/mol. The molecule has 7 nitrogen and oxygen atoms in total. The van der Waals surface area contributed by atoms with Crippen molar-refractivity contribution in [3.8, 4) is 11.5 Å². The molecule has 1 aliphatic rings. The number of primary amides is 1. The minimum atomic E-state index is -0.698. The van der Waals surface area contributed by atoms with E-state index in [0.717, 1.165) is 10.9 Å². The molecule has 1 heterocycles. The lowest BCUT2D eigenvalue weighted by molar-refractivity contribution is -0.118. The van der Waals surface area contributed by atoms with Crippen LogP contribution in [-0.2, 0) is 10.2 Å². The third-order valence-electron chi connectivity index (χ3n) is 4.86. The standard InChI is InChI=1S/C19H17N3O4/c20-17(25)14-8-10-7-12(2-3-13(10)22-14)21-18(26)19(5-6-19)11-1-4-15(23)16(24)9-11/h1-4,7-9,22-24H,5-6H2,(H2,20,25)(H,21,26). The Labute approximate surface area is 148 Å². The van der Waals surface area contributed by atoms with Crippen molar-refractivity contribution in [2.45, 2.75) is 18.3 Å². The normalized spacial score (nSPS) is 14.9. The van der Waals surface area contributed by atoms with Gasteiger partial charge in [0.1, 0.15) is 5.69 Å². The van der Waals surface area contributed by atoms with Gasteiger partial charge in [-0.15, -0.1) is 0 Å². The fourth-order valence-electron chi connectivity index (χ4n) is 3.19. The summed E-state index contributed by atoms with van der Waals surface area (Å²) in [5.41, 5.74) is 6.91. The summed E-state index contributed by atoms with van der Waals surface area (Å²) < 4.78 is 0. The van der Waals surface area contributed by atoms with E-state index in [-0.39, 0.29) is 17.4 Å². The van der Waals surface area contributed by atoms with Crippen LogP contribution in [0.3, 0.4) is 0 Å². The topological polar surface area (TPSA) is 128 Å². The van der Waals surface area contributed by atoms with Gasteiger partial charge in [0.2, 0.25) is 5.91 Å². The van der Waals surface area contributed by atoms with Crippen LogP contribution in [0.25, 0.3) is 10.9 Å². The molecule has 6 N–H and O–H groups in total. The second kappa shape index (κ2) is 5.52. The molecular formula is C19H17N3O4. The number of rotatable bonds is 4. The number of nitrogens with one attached hydrogen (secondary N) is 2. The summed E-state index contributed by atoms with van der Waals surface area (Å²) in [5, 5.41) is 22.8. The molecule has 1 aliphatic carbocycles. The van der Waals surface area contributed by atoms with E-state index in [4.69, 9.17) is 5.73 Å². The van der Waals surface area contributed by atoms with E-state index in [2.05, 4.69) is 10.3 Å². The van der Waals surface area contributed by atoms with Crippen LogP contribution in [0.15, 0.2) is 42.5 Å². The van der Waals surface area contributed by atoms with Crippen molar-refractivity contribution >= 4 is 28.4 Å². The van der Waals surface area contributed by atoms with Gasteiger partial charge in [0.05, 0.1) is 5.41 Å². The van der Waals surface area contributed by atoms with Gasteiger partial charge in [-0.2, -0.15) is 0 Å². The number of hydrogen-bond donors (Lipinski definition) is 5. The number of anilines is 1. The minimum absolute atomic E-state index is 0.174. The van der Waals surface area contributed by atoms with Gasteiger partial charge < -0.3 is 26.2 Å². The SMILES string of the molecule is NC(=O)c1cc2cc(NC(=O)C3(c4ccc(O)c(O)c4)CC3)ccc2[nH]1. The summed E-state index contributed by atoms with van der Waals surface area (Å²) in [4.78, 5) is 27.0. The number of aromatic hydroxyl groups is 2. The van der Waals surface area contributed by atoms with Crippen molar-refractivity contribution in [3.63, 3.8) is 0 Å². The molecule has 3 aromatic rings. The summed E-state index contributed by atoms with van der Waals surface area (Å²) in [6.45, 7) is 0. The molecule has 0 radical (unpaired) electrons. The molecule has 2 amide bonds. The Hall–Kier alpha value is -3.48. The highest BCUT2D eigenvalue weighted by Gasteiger charge is 2.51. The molecule has 0 unspecified atom stereocenters. The smallest absolute Gasteiger partial charge is 0.265 e. The van der Waals surface area contributed by atoms with Gasteiger partial charge in [0, 0.05) is 16.6 Å². The minimum Gasteiger partial charge on any atom is -0.504 e. The number of aromatic amines is 1. The van der Waals surface area contributed by atoms with Crippen LogP contribution in [0.1, 0.15) is 28.9 Å². The first-order chi connectivity index (χ1) is 12.4. The molecule has 0 aliphatic heterocycles. The van der Waals surface area contributed by atoms with Crippen molar-refractivity contribution < 1.29 is 19.8 Å². The van der Waals surface area contributed by atoms with Gasteiger partial charge >= 0.3 is 0 Å². The summed E-state index contributed by atoms with van der Waals surface area (Å²) in [6.07, 6.45) is 1.34.